The van der Waals surface area contributed by atoms with Gasteiger partial charge < -0.3 is 11.1 Å². The van der Waals surface area contributed by atoms with Crippen LogP contribution in [0.2, 0.25) is 0 Å². The Morgan fingerprint density at radius 2 is 2.00 bits per heavy atom. The number of anilines is 3. The largest absolute Gasteiger partial charge is 0.399 e. The SMILES string of the molecule is Cc1cc(Nc2ccc(N)cc2C#N)ccc1F. The van der Waals surface area contributed by atoms with Crippen LogP contribution in [0.25, 0.3) is 0 Å². The van der Waals surface area contributed by atoms with Crippen LogP contribution in [0, 0.1) is 24.1 Å². The Kier molecular flexibility index (Phi) is 3.16. The van der Waals surface area contributed by atoms with Crippen molar-refractivity contribution >= 4 is 17.1 Å². The van der Waals surface area contributed by atoms with E-state index in [0.717, 1.165) is 5.69 Å². The molecule has 18 heavy (non-hydrogen) atoms. The van der Waals surface area contributed by atoms with E-state index in [4.69, 9.17) is 11.0 Å². The molecule has 0 spiro atoms. The Bertz CT molecular complexity index is 629. The number of benzene rings is 2. The average Bonchev–Trinajstić information content (AvgIpc) is 2.36. The van der Waals surface area contributed by atoms with E-state index < -0.39 is 0 Å². The van der Waals surface area contributed by atoms with Gasteiger partial charge in [0.05, 0.1) is 11.3 Å². The van der Waals surface area contributed by atoms with Crippen LogP contribution < -0.4 is 11.1 Å². The third kappa shape index (κ3) is 2.41. The van der Waals surface area contributed by atoms with Crippen LogP contribution in [-0.4, -0.2) is 0 Å². The first-order valence-corrected chi connectivity index (χ1v) is 5.43. The molecule has 4 heteroatoms. The molecule has 3 nitrogen and oxygen atoms in total. The highest BCUT2D eigenvalue weighted by atomic mass is 19.1. The van der Waals surface area contributed by atoms with Gasteiger partial charge in [0, 0.05) is 11.4 Å². The molecule has 0 aliphatic carbocycles. The first kappa shape index (κ1) is 11.9. The topological polar surface area (TPSA) is 61.8 Å². The summed E-state index contributed by atoms with van der Waals surface area (Å²) in [6.07, 6.45) is 0. The number of hydrogen-bond donors (Lipinski definition) is 2. The van der Waals surface area contributed by atoms with Crippen LogP contribution in [0.4, 0.5) is 21.5 Å². The normalized spacial score (nSPS) is 9.83. The summed E-state index contributed by atoms with van der Waals surface area (Å²) >= 11 is 0. The standard InChI is InChI=1S/C14H12FN3/c1-9-6-12(3-4-13(9)15)18-14-5-2-11(17)7-10(14)8-16/h2-7,18H,17H2,1H3. The molecular weight excluding hydrogens is 229 g/mol. The maximum Gasteiger partial charge on any atom is 0.126 e. The monoisotopic (exact) mass is 241 g/mol. The molecule has 0 aliphatic heterocycles. The van der Waals surface area contributed by atoms with Crippen LogP contribution in [0.5, 0.6) is 0 Å². The summed E-state index contributed by atoms with van der Waals surface area (Å²) in [5.74, 6) is -0.252. The van der Waals surface area contributed by atoms with Gasteiger partial charge in [0.1, 0.15) is 11.9 Å². The van der Waals surface area contributed by atoms with Gasteiger partial charge >= 0.3 is 0 Å². The molecule has 0 unspecified atom stereocenters. The lowest BCUT2D eigenvalue weighted by Crippen LogP contribution is -1.96. The van der Waals surface area contributed by atoms with E-state index in [0.29, 0.717) is 22.5 Å². The van der Waals surface area contributed by atoms with Gasteiger partial charge in [-0.05, 0) is 48.9 Å². The minimum atomic E-state index is -0.252. The van der Waals surface area contributed by atoms with Gasteiger partial charge in [-0.3, -0.25) is 0 Å². The molecule has 0 atom stereocenters. The Morgan fingerprint density at radius 3 is 2.67 bits per heavy atom. The van der Waals surface area contributed by atoms with Crippen molar-refractivity contribution in [2.24, 2.45) is 0 Å². The van der Waals surface area contributed by atoms with Crippen molar-refractivity contribution in [3.63, 3.8) is 0 Å². The Balaban J connectivity index is 2.34. The third-order valence-corrected chi connectivity index (χ3v) is 2.60. The fourth-order valence-electron chi connectivity index (χ4n) is 1.64. The highest BCUT2D eigenvalue weighted by molar-refractivity contribution is 5.69. The maximum atomic E-state index is 13.1. The molecule has 0 bridgehead atoms. The predicted molar refractivity (Wildman–Crippen MR) is 70.0 cm³/mol. The van der Waals surface area contributed by atoms with Gasteiger partial charge in [-0.2, -0.15) is 5.26 Å². The van der Waals surface area contributed by atoms with E-state index in [9.17, 15) is 4.39 Å². The van der Waals surface area contributed by atoms with Gasteiger partial charge in [-0.25, -0.2) is 4.39 Å². The van der Waals surface area contributed by atoms with E-state index >= 15 is 0 Å². The van der Waals surface area contributed by atoms with Crippen molar-refractivity contribution < 1.29 is 4.39 Å². The minimum Gasteiger partial charge on any atom is -0.399 e. The number of nitrogens with one attached hydrogen (secondary N) is 1. The van der Waals surface area contributed by atoms with Crippen molar-refractivity contribution in [2.75, 3.05) is 11.1 Å². The predicted octanol–water partition coefficient (Wildman–Crippen LogP) is 3.33. The van der Waals surface area contributed by atoms with Crippen molar-refractivity contribution in [1.29, 1.82) is 5.26 Å². The molecule has 2 aromatic rings. The fraction of sp³-hybridized carbons (Fsp3) is 0.0714. The zero-order valence-corrected chi connectivity index (χ0v) is 9.87. The highest BCUT2D eigenvalue weighted by Gasteiger charge is 2.04. The Hall–Kier alpha value is -2.54. The van der Waals surface area contributed by atoms with Crippen molar-refractivity contribution in [2.45, 2.75) is 6.92 Å². The summed E-state index contributed by atoms with van der Waals surface area (Å²) < 4.78 is 13.1. The zero-order valence-electron chi connectivity index (χ0n) is 9.87. The lowest BCUT2D eigenvalue weighted by atomic mass is 10.1. The first-order valence-electron chi connectivity index (χ1n) is 5.43. The fourth-order valence-corrected chi connectivity index (χ4v) is 1.64. The molecule has 0 aromatic heterocycles. The van der Waals surface area contributed by atoms with Gasteiger partial charge in [0.2, 0.25) is 0 Å². The number of rotatable bonds is 2. The molecule has 0 aliphatic rings. The summed E-state index contributed by atoms with van der Waals surface area (Å²) in [5.41, 5.74) is 8.53. The number of hydrogen-bond acceptors (Lipinski definition) is 3. The second kappa shape index (κ2) is 4.76. The zero-order chi connectivity index (χ0) is 13.1. The molecule has 90 valence electrons. The second-order valence-corrected chi connectivity index (χ2v) is 4.01. The quantitative estimate of drug-likeness (QED) is 0.793. The molecule has 0 saturated carbocycles. The molecule has 0 fully saturated rings. The van der Waals surface area contributed by atoms with E-state index in [1.54, 1.807) is 37.3 Å². The summed E-state index contributed by atoms with van der Waals surface area (Å²) in [6, 6.07) is 11.8. The van der Waals surface area contributed by atoms with Crippen LogP contribution in [0.15, 0.2) is 36.4 Å². The molecular formula is C14H12FN3. The molecule has 0 heterocycles. The molecule has 0 amide bonds. The lowest BCUT2D eigenvalue weighted by Gasteiger charge is -2.09. The molecule has 0 saturated heterocycles. The van der Waals surface area contributed by atoms with Crippen molar-refractivity contribution in [3.05, 3.63) is 53.3 Å². The van der Waals surface area contributed by atoms with E-state index in [-0.39, 0.29) is 5.82 Å². The average molecular weight is 241 g/mol. The Morgan fingerprint density at radius 1 is 1.22 bits per heavy atom. The van der Waals surface area contributed by atoms with E-state index in [2.05, 4.69) is 11.4 Å². The molecule has 0 radical (unpaired) electrons. The van der Waals surface area contributed by atoms with E-state index in [1.807, 2.05) is 0 Å². The van der Waals surface area contributed by atoms with Crippen molar-refractivity contribution in [3.8, 4) is 6.07 Å². The number of nitrogens with two attached hydrogens (primary N) is 1. The highest BCUT2D eigenvalue weighted by Crippen LogP contribution is 2.23. The number of nitrogens with zero attached hydrogens (tertiary/aromatic N) is 1. The Labute approximate surface area is 105 Å². The number of halogens is 1. The van der Waals surface area contributed by atoms with Gasteiger partial charge in [0.15, 0.2) is 0 Å². The summed E-state index contributed by atoms with van der Waals surface area (Å²) in [4.78, 5) is 0. The number of aryl methyl sites for hydroxylation is 1. The summed E-state index contributed by atoms with van der Waals surface area (Å²) in [5, 5.41) is 12.1. The van der Waals surface area contributed by atoms with Crippen LogP contribution in [0.3, 0.4) is 0 Å². The van der Waals surface area contributed by atoms with Crippen molar-refractivity contribution in [1.82, 2.24) is 0 Å². The maximum absolute atomic E-state index is 13.1. The molecule has 2 aromatic carbocycles. The summed E-state index contributed by atoms with van der Waals surface area (Å²) in [6.45, 7) is 1.69. The van der Waals surface area contributed by atoms with Crippen LogP contribution in [0.1, 0.15) is 11.1 Å². The van der Waals surface area contributed by atoms with Gasteiger partial charge in [-0.15, -0.1) is 0 Å². The number of nitrogen functional groups attached to an aromatic ring is 1. The molecule has 2 rings (SSSR count). The first-order chi connectivity index (χ1) is 8.60. The third-order valence-electron chi connectivity index (χ3n) is 2.60. The molecule has 3 N–H and O–H groups in total. The minimum absolute atomic E-state index is 0.252. The smallest absolute Gasteiger partial charge is 0.126 e. The second-order valence-electron chi connectivity index (χ2n) is 4.01. The lowest BCUT2D eigenvalue weighted by molar-refractivity contribution is 0.619. The van der Waals surface area contributed by atoms with Gasteiger partial charge in [-0.1, -0.05) is 0 Å². The van der Waals surface area contributed by atoms with Crippen LogP contribution in [-0.2, 0) is 0 Å². The van der Waals surface area contributed by atoms with Gasteiger partial charge in [0.25, 0.3) is 0 Å². The van der Waals surface area contributed by atoms with Crippen LogP contribution >= 0.6 is 0 Å². The summed E-state index contributed by atoms with van der Waals surface area (Å²) in [7, 11) is 0. The number of nitriles is 1. The van der Waals surface area contributed by atoms with E-state index in [1.165, 1.54) is 6.07 Å².